The van der Waals surface area contributed by atoms with Crippen molar-refractivity contribution < 1.29 is 23.5 Å². The van der Waals surface area contributed by atoms with E-state index < -0.39 is 23.4 Å². The lowest BCUT2D eigenvalue weighted by molar-refractivity contribution is -0.121. The second-order valence-corrected chi connectivity index (χ2v) is 10.7. The number of amides is 2. The number of carbonyl (C=O) groups excluding carboxylic acids is 2. The number of aromatic nitrogens is 2. The quantitative estimate of drug-likeness (QED) is 0.247. The van der Waals surface area contributed by atoms with Gasteiger partial charge in [0.2, 0.25) is 5.91 Å². The molecule has 4 aromatic rings. The second kappa shape index (κ2) is 13.2. The maximum absolute atomic E-state index is 13.3. The smallest absolute Gasteiger partial charge is 0.412 e. The van der Waals surface area contributed by atoms with Crippen LogP contribution >= 0.6 is 0 Å². The third-order valence-electron chi connectivity index (χ3n) is 6.31. The highest BCUT2D eigenvalue weighted by molar-refractivity contribution is 5.93. The van der Waals surface area contributed by atoms with Crippen molar-refractivity contribution in [1.29, 1.82) is 0 Å². The summed E-state index contributed by atoms with van der Waals surface area (Å²) in [5, 5.41) is 8.81. The van der Waals surface area contributed by atoms with E-state index in [-0.39, 0.29) is 17.3 Å². The van der Waals surface area contributed by atoms with Gasteiger partial charge >= 0.3 is 11.7 Å². The number of aryl methyl sites for hydroxylation is 1. The lowest BCUT2D eigenvalue weighted by Gasteiger charge is -2.20. The fraction of sp³-hybridized carbons (Fsp3) is 0.323. The summed E-state index contributed by atoms with van der Waals surface area (Å²) in [6.45, 7) is 7.33. The highest BCUT2D eigenvalue weighted by atomic mass is 16.6. The zero-order chi connectivity index (χ0) is 30.3. The van der Waals surface area contributed by atoms with E-state index in [0.29, 0.717) is 41.9 Å². The average molecular weight is 574 g/mol. The molecule has 0 spiro atoms. The molecule has 0 radical (unpaired) electrons. The van der Waals surface area contributed by atoms with Crippen molar-refractivity contribution in [2.45, 2.75) is 52.2 Å². The Kier molecular flexibility index (Phi) is 9.41. The number of carbonyl (C=O) groups is 2. The highest BCUT2D eigenvalue weighted by Crippen LogP contribution is 2.24. The normalized spacial score (nSPS) is 11.9. The summed E-state index contributed by atoms with van der Waals surface area (Å²) in [5.74, 6) is 0.403. The van der Waals surface area contributed by atoms with Gasteiger partial charge in [0.05, 0.1) is 18.0 Å². The van der Waals surface area contributed by atoms with Gasteiger partial charge in [-0.3, -0.25) is 15.1 Å². The van der Waals surface area contributed by atoms with Crippen LogP contribution in [-0.2, 0) is 22.4 Å². The van der Waals surface area contributed by atoms with Gasteiger partial charge in [-0.15, -0.1) is 0 Å². The van der Waals surface area contributed by atoms with E-state index in [1.807, 2.05) is 42.5 Å². The molecular formula is C31H35N5O6. The molecule has 11 heteroatoms. The molecule has 11 nitrogen and oxygen atoms in total. The Bertz CT molecular complexity index is 1600. The Hall–Kier alpha value is -4.93. The molecule has 4 rings (SSSR count). The Balaban J connectivity index is 1.55. The number of nitrogens with one attached hydrogen (secondary N) is 3. The molecule has 2 aromatic heterocycles. The van der Waals surface area contributed by atoms with Gasteiger partial charge in [-0.05, 0) is 75.2 Å². The van der Waals surface area contributed by atoms with Crippen molar-refractivity contribution in [2.24, 2.45) is 0 Å². The Morgan fingerprint density at radius 2 is 1.81 bits per heavy atom. The van der Waals surface area contributed by atoms with Crippen LogP contribution in [0.1, 0.15) is 37.6 Å². The van der Waals surface area contributed by atoms with E-state index in [1.54, 1.807) is 53.1 Å². The molecule has 2 heterocycles. The van der Waals surface area contributed by atoms with Crippen molar-refractivity contribution in [2.75, 3.05) is 24.3 Å². The number of benzene rings is 2. The van der Waals surface area contributed by atoms with Gasteiger partial charge in [-0.2, -0.15) is 4.98 Å². The van der Waals surface area contributed by atoms with Crippen LogP contribution in [0.5, 0.6) is 5.75 Å². The highest BCUT2D eigenvalue weighted by Gasteiger charge is 2.23. The molecule has 0 aliphatic rings. The first-order valence-corrected chi connectivity index (χ1v) is 13.5. The van der Waals surface area contributed by atoms with Crippen LogP contribution in [0.3, 0.4) is 0 Å². The lowest BCUT2D eigenvalue weighted by Crippen LogP contribution is -2.42. The molecule has 1 atom stereocenters. The molecule has 220 valence electrons. The first-order valence-electron chi connectivity index (χ1n) is 13.5. The van der Waals surface area contributed by atoms with Crippen LogP contribution in [-0.4, -0.2) is 47.3 Å². The number of rotatable bonds is 10. The van der Waals surface area contributed by atoms with Crippen molar-refractivity contribution in [3.63, 3.8) is 0 Å². The summed E-state index contributed by atoms with van der Waals surface area (Å²) in [4.78, 5) is 47.4. The minimum atomic E-state index is -0.801. The van der Waals surface area contributed by atoms with Crippen LogP contribution < -0.4 is 26.3 Å². The third kappa shape index (κ3) is 8.06. The molecule has 0 saturated carbocycles. The van der Waals surface area contributed by atoms with Crippen molar-refractivity contribution in [3.8, 4) is 5.75 Å². The molecule has 0 unspecified atom stereocenters. The van der Waals surface area contributed by atoms with Crippen LogP contribution in [0, 0.1) is 6.92 Å². The minimum Gasteiger partial charge on any atom is -0.497 e. The predicted octanol–water partition coefficient (Wildman–Crippen LogP) is 4.63. The van der Waals surface area contributed by atoms with Crippen LogP contribution in [0.25, 0.3) is 10.9 Å². The number of hydrogen-bond acceptors (Lipinski definition) is 9. The number of methoxy groups -OCH3 is 1. The molecule has 0 saturated heterocycles. The Labute approximate surface area is 243 Å². The molecule has 2 aromatic carbocycles. The fourth-order valence-corrected chi connectivity index (χ4v) is 4.27. The van der Waals surface area contributed by atoms with E-state index >= 15 is 0 Å². The first kappa shape index (κ1) is 30.0. The van der Waals surface area contributed by atoms with Gasteiger partial charge in [0, 0.05) is 37.0 Å². The average Bonchev–Trinajstić information content (AvgIpc) is 2.94. The fourth-order valence-electron chi connectivity index (χ4n) is 4.27. The summed E-state index contributed by atoms with van der Waals surface area (Å²) >= 11 is 0. The molecular weight excluding hydrogens is 538 g/mol. The molecule has 0 aliphatic heterocycles. The second-order valence-electron chi connectivity index (χ2n) is 10.7. The Morgan fingerprint density at radius 3 is 2.48 bits per heavy atom. The van der Waals surface area contributed by atoms with Gasteiger partial charge in [0.25, 0.3) is 6.01 Å². The van der Waals surface area contributed by atoms with Gasteiger partial charge in [-0.1, -0.05) is 18.2 Å². The zero-order valence-corrected chi connectivity index (χ0v) is 24.3. The SMILES string of the molecule is COc1ccc(C[C@H](Nc2nc3ccc(NC(=O)OC(C)(C)C)c(C)c3c(=O)o2)C(=O)NCCc2ccccn2)cc1. The van der Waals surface area contributed by atoms with E-state index in [0.717, 1.165) is 11.3 Å². The molecule has 0 bridgehead atoms. The number of fused-ring (bicyclic) bond motifs is 1. The van der Waals surface area contributed by atoms with E-state index in [9.17, 15) is 14.4 Å². The summed E-state index contributed by atoms with van der Waals surface area (Å²) in [7, 11) is 1.58. The molecule has 0 aliphatic carbocycles. The van der Waals surface area contributed by atoms with Gasteiger partial charge < -0.3 is 24.5 Å². The van der Waals surface area contributed by atoms with Crippen molar-refractivity contribution in [1.82, 2.24) is 15.3 Å². The first-order chi connectivity index (χ1) is 20.0. The molecule has 0 fully saturated rings. The molecule has 3 N–H and O–H groups in total. The summed E-state index contributed by atoms with van der Waals surface area (Å²) in [5.41, 5.74) is 1.61. The standard InChI is InChI=1S/C31H35N5O6/c1-19-23(36-30(39)42-31(2,3)4)13-14-24-26(19)28(38)41-29(34-24)35-25(18-20-9-11-22(40-5)12-10-20)27(37)33-17-15-21-8-6-7-16-32-21/h6-14,16,25H,15,17-18H2,1-5H3,(H,33,37)(H,34,35)(H,36,39)/t25-/m0/s1. The zero-order valence-electron chi connectivity index (χ0n) is 24.3. The Morgan fingerprint density at radius 1 is 1.05 bits per heavy atom. The van der Waals surface area contributed by atoms with E-state index in [4.69, 9.17) is 13.9 Å². The number of anilines is 2. The summed E-state index contributed by atoms with van der Waals surface area (Å²) in [6.07, 6.45) is 1.91. The van der Waals surface area contributed by atoms with E-state index in [2.05, 4.69) is 25.9 Å². The van der Waals surface area contributed by atoms with Crippen LogP contribution in [0.4, 0.5) is 16.5 Å². The number of ether oxygens (including phenoxy) is 2. The topological polar surface area (TPSA) is 145 Å². The number of pyridine rings is 1. The molecule has 42 heavy (non-hydrogen) atoms. The van der Waals surface area contributed by atoms with Crippen molar-refractivity contribution >= 4 is 34.6 Å². The van der Waals surface area contributed by atoms with Crippen molar-refractivity contribution in [3.05, 3.63) is 88.0 Å². The van der Waals surface area contributed by atoms with E-state index in [1.165, 1.54) is 0 Å². The lowest BCUT2D eigenvalue weighted by atomic mass is 10.0. The minimum absolute atomic E-state index is 0.0989. The van der Waals surface area contributed by atoms with Crippen LogP contribution in [0.2, 0.25) is 0 Å². The maximum atomic E-state index is 13.3. The van der Waals surface area contributed by atoms with Gasteiger partial charge in [0.1, 0.15) is 17.4 Å². The largest absolute Gasteiger partial charge is 0.497 e. The third-order valence-corrected chi connectivity index (χ3v) is 6.31. The monoisotopic (exact) mass is 573 g/mol. The predicted molar refractivity (Wildman–Crippen MR) is 160 cm³/mol. The number of nitrogens with zero attached hydrogens (tertiary/aromatic N) is 2. The summed E-state index contributed by atoms with van der Waals surface area (Å²) in [6, 6.07) is 15.3. The van der Waals surface area contributed by atoms with Crippen LogP contribution in [0.15, 0.2) is 70.0 Å². The number of hydrogen-bond donors (Lipinski definition) is 3. The van der Waals surface area contributed by atoms with Gasteiger partial charge in [-0.25, -0.2) is 9.59 Å². The summed E-state index contributed by atoms with van der Waals surface area (Å²) < 4.78 is 16.1. The van der Waals surface area contributed by atoms with Gasteiger partial charge in [0.15, 0.2) is 0 Å². The molecule has 2 amide bonds. The maximum Gasteiger partial charge on any atom is 0.412 e.